The van der Waals surface area contributed by atoms with E-state index < -0.39 is 0 Å². The molecule has 25 heavy (non-hydrogen) atoms. The lowest BCUT2D eigenvalue weighted by Crippen LogP contribution is -2.32. The number of hydrazone groups is 1. The van der Waals surface area contributed by atoms with Crippen LogP contribution in [0.25, 0.3) is 0 Å². The number of hydrogen-bond donors (Lipinski definition) is 1. The van der Waals surface area contributed by atoms with Crippen molar-refractivity contribution >= 4 is 11.6 Å². The Bertz CT molecular complexity index is 459. The first-order valence-corrected chi connectivity index (χ1v) is 11.0. The van der Waals surface area contributed by atoms with E-state index in [4.69, 9.17) is 0 Å². The van der Waals surface area contributed by atoms with Crippen LogP contribution in [-0.4, -0.2) is 11.6 Å². The largest absolute Gasteiger partial charge is 0.273 e. The van der Waals surface area contributed by atoms with Crippen LogP contribution >= 0.6 is 0 Å². The first kappa shape index (κ1) is 18.9. The first-order chi connectivity index (χ1) is 12.1. The molecular weight excluding hydrogens is 308 g/mol. The van der Waals surface area contributed by atoms with Crippen molar-refractivity contribution in [3.05, 3.63) is 0 Å². The predicted octanol–water partition coefficient (Wildman–Crippen LogP) is 5.69. The molecule has 1 N–H and O–H groups in total. The lowest BCUT2D eigenvalue weighted by molar-refractivity contribution is -0.126. The Kier molecular flexibility index (Phi) is 6.95. The van der Waals surface area contributed by atoms with Crippen LogP contribution < -0.4 is 5.43 Å². The maximum Gasteiger partial charge on any atom is 0.243 e. The standard InChI is InChI=1S/C22H38N2O/c1-16-7-6-10-21(15-16)22(25)24-23-17(2)18-11-13-20(14-12-18)19-8-4-3-5-9-19/h16,18-21H,3-15H2,1-2H3,(H,24,25)/b23-17+. The molecule has 3 fully saturated rings. The third-order valence-electron chi connectivity index (χ3n) is 7.33. The molecule has 3 heteroatoms. The summed E-state index contributed by atoms with van der Waals surface area (Å²) in [4.78, 5) is 12.4. The van der Waals surface area contributed by atoms with E-state index in [1.165, 1.54) is 70.6 Å². The molecule has 0 saturated heterocycles. The van der Waals surface area contributed by atoms with Crippen molar-refractivity contribution in [1.29, 1.82) is 0 Å². The summed E-state index contributed by atoms with van der Waals surface area (Å²) in [6.45, 7) is 4.38. The quantitative estimate of drug-likeness (QED) is 0.515. The number of carbonyl (C=O) groups excluding carboxylic acids is 1. The molecule has 142 valence electrons. The molecule has 1 amide bonds. The number of nitrogens with one attached hydrogen (secondary N) is 1. The van der Waals surface area contributed by atoms with Crippen molar-refractivity contribution in [2.24, 2.45) is 34.7 Å². The number of nitrogens with zero attached hydrogens (tertiary/aromatic N) is 1. The molecule has 2 unspecified atom stereocenters. The van der Waals surface area contributed by atoms with E-state index in [9.17, 15) is 4.79 Å². The summed E-state index contributed by atoms with van der Waals surface area (Å²) in [6, 6.07) is 0. The second-order valence-corrected chi connectivity index (χ2v) is 9.21. The molecule has 3 rings (SSSR count). The normalized spacial score (nSPS) is 35.4. The van der Waals surface area contributed by atoms with Gasteiger partial charge in [0.1, 0.15) is 0 Å². The van der Waals surface area contributed by atoms with E-state index >= 15 is 0 Å². The molecule has 3 aliphatic rings. The zero-order valence-electron chi connectivity index (χ0n) is 16.4. The summed E-state index contributed by atoms with van der Waals surface area (Å²) in [5.41, 5.74) is 4.05. The summed E-state index contributed by atoms with van der Waals surface area (Å²) < 4.78 is 0. The molecule has 0 aromatic heterocycles. The minimum absolute atomic E-state index is 0.154. The van der Waals surface area contributed by atoms with Gasteiger partial charge in [-0.15, -0.1) is 0 Å². The summed E-state index contributed by atoms with van der Waals surface area (Å²) in [5.74, 6) is 3.57. The van der Waals surface area contributed by atoms with Crippen LogP contribution in [0.5, 0.6) is 0 Å². The third kappa shape index (κ3) is 5.31. The highest BCUT2D eigenvalue weighted by atomic mass is 16.2. The van der Waals surface area contributed by atoms with Crippen molar-refractivity contribution in [3.63, 3.8) is 0 Å². The van der Waals surface area contributed by atoms with Crippen LogP contribution in [0.4, 0.5) is 0 Å². The van der Waals surface area contributed by atoms with Crippen LogP contribution in [-0.2, 0) is 4.79 Å². The number of hydrogen-bond acceptors (Lipinski definition) is 2. The molecule has 0 aromatic rings. The monoisotopic (exact) mass is 346 g/mol. The third-order valence-corrected chi connectivity index (χ3v) is 7.33. The van der Waals surface area contributed by atoms with Gasteiger partial charge in [0.15, 0.2) is 0 Å². The Morgan fingerprint density at radius 3 is 2.16 bits per heavy atom. The van der Waals surface area contributed by atoms with Gasteiger partial charge >= 0.3 is 0 Å². The smallest absolute Gasteiger partial charge is 0.243 e. The van der Waals surface area contributed by atoms with Crippen molar-refractivity contribution in [2.45, 2.75) is 97.3 Å². The number of carbonyl (C=O) groups is 1. The zero-order valence-corrected chi connectivity index (χ0v) is 16.4. The maximum absolute atomic E-state index is 12.4. The molecule has 0 aliphatic heterocycles. The van der Waals surface area contributed by atoms with Crippen LogP contribution in [0.15, 0.2) is 5.10 Å². The number of amides is 1. The lowest BCUT2D eigenvalue weighted by atomic mass is 9.70. The summed E-state index contributed by atoms with van der Waals surface area (Å²) in [7, 11) is 0. The average Bonchev–Trinajstić information content (AvgIpc) is 2.66. The molecule has 0 aromatic carbocycles. The van der Waals surface area contributed by atoms with E-state index in [1.807, 2.05) is 0 Å². The van der Waals surface area contributed by atoms with E-state index in [-0.39, 0.29) is 11.8 Å². The van der Waals surface area contributed by atoms with E-state index in [2.05, 4.69) is 24.4 Å². The Morgan fingerprint density at radius 2 is 1.48 bits per heavy atom. The van der Waals surface area contributed by atoms with Gasteiger partial charge in [0, 0.05) is 11.6 Å². The minimum Gasteiger partial charge on any atom is -0.273 e. The lowest BCUT2D eigenvalue weighted by Gasteiger charge is -2.35. The van der Waals surface area contributed by atoms with Gasteiger partial charge < -0.3 is 0 Å². The van der Waals surface area contributed by atoms with E-state index in [1.54, 1.807) is 0 Å². The average molecular weight is 347 g/mol. The fourth-order valence-corrected chi connectivity index (χ4v) is 5.61. The zero-order chi connectivity index (χ0) is 17.6. The first-order valence-electron chi connectivity index (χ1n) is 11.0. The van der Waals surface area contributed by atoms with Crippen LogP contribution in [0.2, 0.25) is 0 Å². The molecule has 0 spiro atoms. The van der Waals surface area contributed by atoms with Crippen molar-refractivity contribution in [2.75, 3.05) is 0 Å². The highest BCUT2D eigenvalue weighted by Gasteiger charge is 2.30. The summed E-state index contributed by atoms with van der Waals surface area (Å²) in [6.07, 6.45) is 17.1. The van der Waals surface area contributed by atoms with Gasteiger partial charge in [-0.05, 0) is 69.1 Å². The molecule has 3 saturated carbocycles. The minimum atomic E-state index is 0.154. The van der Waals surface area contributed by atoms with Crippen molar-refractivity contribution in [3.8, 4) is 0 Å². The second kappa shape index (κ2) is 9.19. The molecule has 3 aliphatic carbocycles. The SMILES string of the molecule is C/C(=N\NC(=O)C1CCCC(C)C1)C1CCC(C2CCCCC2)CC1. The molecular formula is C22H38N2O. The molecule has 3 nitrogen and oxygen atoms in total. The van der Waals surface area contributed by atoms with Crippen LogP contribution in [0.3, 0.4) is 0 Å². The second-order valence-electron chi connectivity index (χ2n) is 9.21. The summed E-state index contributed by atoms with van der Waals surface area (Å²) >= 11 is 0. The van der Waals surface area contributed by atoms with Gasteiger partial charge in [-0.1, -0.05) is 51.9 Å². The van der Waals surface area contributed by atoms with Gasteiger partial charge in [-0.25, -0.2) is 5.43 Å². The van der Waals surface area contributed by atoms with Gasteiger partial charge in [0.2, 0.25) is 5.91 Å². The topological polar surface area (TPSA) is 41.5 Å². The Balaban J connectivity index is 1.42. The van der Waals surface area contributed by atoms with Crippen LogP contribution in [0.1, 0.15) is 97.3 Å². The van der Waals surface area contributed by atoms with Gasteiger partial charge in [-0.3, -0.25) is 4.79 Å². The fourth-order valence-electron chi connectivity index (χ4n) is 5.61. The Labute approximate surface area is 154 Å². The highest BCUT2D eigenvalue weighted by molar-refractivity contribution is 5.86. The maximum atomic E-state index is 12.4. The van der Waals surface area contributed by atoms with Crippen LogP contribution in [0, 0.1) is 29.6 Å². The molecule has 0 bridgehead atoms. The fraction of sp³-hybridized carbons (Fsp3) is 0.909. The molecule has 0 heterocycles. The van der Waals surface area contributed by atoms with Gasteiger partial charge in [0.25, 0.3) is 0 Å². The molecule has 2 atom stereocenters. The number of rotatable bonds is 4. The predicted molar refractivity (Wildman–Crippen MR) is 104 cm³/mol. The molecule has 0 radical (unpaired) electrons. The Morgan fingerprint density at radius 1 is 0.800 bits per heavy atom. The van der Waals surface area contributed by atoms with Crippen molar-refractivity contribution < 1.29 is 4.79 Å². The summed E-state index contributed by atoms with van der Waals surface area (Å²) in [5, 5.41) is 4.50. The van der Waals surface area contributed by atoms with Crippen molar-refractivity contribution in [1.82, 2.24) is 5.43 Å². The van der Waals surface area contributed by atoms with E-state index in [0.29, 0.717) is 11.8 Å². The highest BCUT2D eigenvalue weighted by Crippen LogP contribution is 2.40. The van der Waals surface area contributed by atoms with E-state index in [0.717, 1.165) is 30.4 Å². The Hall–Kier alpha value is -0.860. The van der Waals surface area contributed by atoms with Gasteiger partial charge in [-0.2, -0.15) is 5.10 Å². The van der Waals surface area contributed by atoms with Gasteiger partial charge in [0.05, 0.1) is 0 Å².